The second-order valence-electron chi connectivity index (χ2n) is 5.91. The Labute approximate surface area is 154 Å². The third-order valence-corrected chi connectivity index (χ3v) is 3.93. The van der Waals surface area contributed by atoms with Crippen LogP contribution in [-0.2, 0) is 4.79 Å². The minimum atomic E-state index is -2.87. The smallest absolute Gasteiger partial charge is 0.262 e. The van der Waals surface area contributed by atoms with Crippen LogP contribution in [0.2, 0.25) is 0 Å². The van der Waals surface area contributed by atoms with Crippen LogP contribution in [0.4, 0.5) is 8.78 Å². The van der Waals surface area contributed by atoms with Crippen molar-refractivity contribution < 1.29 is 22.8 Å². The highest BCUT2D eigenvalue weighted by Gasteiger charge is 2.42. The monoisotopic (exact) mass is 388 g/mol. The molecule has 10 heteroatoms. The van der Waals surface area contributed by atoms with E-state index in [-0.39, 0.29) is 18.3 Å². The summed E-state index contributed by atoms with van der Waals surface area (Å²) in [6, 6.07) is 5.60. The van der Waals surface area contributed by atoms with Gasteiger partial charge in [-0.1, -0.05) is 17.3 Å². The Morgan fingerprint density at radius 3 is 2.92 bits per heavy atom. The Morgan fingerprint density at radius 2 is 2.27 bits per heavy atom. The summed E-state index contributed by atoms with van der Waals surface area (Å²) in [6.07, 6.45) is -0.523. The number of nitrogens with zero attached hydrogens (tertiary/aromatic N) is 2. The van der Waals surface area contributed by atoms with Crippen LogP contribution in [0.25, 0.3) is 11.4 Å². The molecule has 1 fully saturated rings. The summed E-state index contributed by atoms with van der Waals surface area (Å²) in [7, 11) is 1.55. The molecule has 0 aliphatic carbocycles. The lowest BCUT2D eigenvalue weighted by atomic mass is 10.1. The number of hydrogen-bond acceptors (Lipinski definition) is 6. The van der Waals surface area contributed by atoms with Gasteiger partial charge in [0.25, 0.3) is 5.92 Å². The molecule has 1 aromatic carbocycles. The molecule has 2 N–H and O–H groups in total. The topological polar surface area (TPSA) is 89.3 Å². The maximum Gasteiger partial charge on any atom is 0.262 e. The average molecular weight is 389 g/mol. The molecule has 3 rings (SSSR count). The van der Waals surface area contributed by atoms with E-state index in [1.54, 1.807) is 38.3 Å². The van der Waals surface area contributed by atoms with Gasteiger partial charge in [0, 0.05) is 12.0 Å². The molecule has 0 spiro atoms. The molecule has 0 radical (unpaired) electrons. The number of hydrogen-bond donors (Lipinski definition) is 2. The minimum absolute atomic E-state index is 0. The normalized spacial score (nSPS) is 19.5. The first-order chi connectivity index (χ1) is 11.9. The van der Waals surface area contributed by atoms with E-state index in [2.05, 4.69) is 20.8 Å². The lowest BCUT2D eigenvalue weighted by molar-refractivity contribution is -0.124. The summed E-state index contributed by atoms with van der Waals surface area (Å²) in [5, 5.41) is 8.99. The largest absolute Gasteiger partial charge is 0.497 e. The molecule has 1 aromatic heterocycles. The van der Waals surface area contributed by atoms with Crippen molar-refractivity contribution in [2.75, 3.05) is 13.7 Å². The van der Waals surface area contributed by atoms with Gasteiger partial charge in [-0.05, 0) is 19.1 Å². The van der Waals surface area contributed by atoms with E-state index >= 15 is 0 Å². The van der Waals surface area contributed by atoms with Crippen LogP contribution in [0.1, 0.15) is 25.3 Å². The third-order valence-electron chi connectivity index (χ3n) is 3.93. The van der Waals surface area contributed by atoms with Gasteiger partial charge in [0.1, 0.15) is 11.8 Å². The standard InChI is InChI=1S/C16H18F2N4O3.ClH/c1-9(20-14(23)12-7-16(17,18)8-19-12)15-21-13(22-25-15)10-4-3-5-11(6-10)24-2;/h3-6,9,12,19H,7-8H2,1-2H3,(H,20,23);1H. The molecule has 2 heterocycles. The van der Waals surface area contributed by atoms with Crippen molar-refractivity contribution in [3.05, 3.63) is 30.2 Å². The molecule has 1 amide bonds. The van der Waals surface area contributed by atoms with Crippen LogP contribution in [0.3, 0.4) is 0 Å². The van der Waals surface area contributed by atoms with Crippen LogP contribution >= 0.6 is 12.4 Å². The first-order valence-corrected chi connectivity index (χ1v) is 7.77. The van der Waals surface area contributed by atoms with Crippen molar-refractivity contribution in [2.24, 2.45) is 0 Å². The Kier molecular flexibility index (Phi) is 6.14. The van der Waals surface area contributed by atoms with Gasteiger partial charge in [0.2, 0.25) is 17.6 Å². The van der Waals surface area contributed by atoms with E-state index in [9.17, 15) is 13.6 Å². The molecule has 1 aliphatic rings. The number of carbonyl (C=O) groups is 1. The predicted octanol–water partition coefficient (Wildman–Crippen LogP) is 2.34. The summed E-state index contributed by atoms with van der Waals surface area (Å²) in [4.78, 5) is 16.3. The summed E-state index contributed by atoms with van der Waals surface area (Å²) in [6.45, 7) is 1.15. The van der Waals surface area contributed by atoms with Gasteiger partial charge in [-0.2, -0.15) is 4.98 Å². The first kappa shape index (κ1) is 20.1. The van der Waals surface area contributed by atoms with Gasteiger partial charge in [-0.15, -0.1) is 12.4 Å². The lowest BCUT2D eigenvalue weighted by Gasteiger charge is -2.14. The molecule has 142 valence electrons. The van der Waals surface area contributed by atoms with Crippen LogP contribution in [0.15, 0.2) is 28.8 Å². The van der Waals surface area contributed by atoms with Gasteiger partial charge in [0.05, 0.1) is 19.7 Å². The van der Waals surface area contributed by atoms with Gasteiger partial charge < -0.3 is 14.6 Å². The van der Waals surface area contributed by atoms with Gasteiger partial charge >= 0.3 is 0 Å². The predicted molar refractivity (Wildman–Crippen MR) is 91.4 cm³/mol. The molecule has 2 atom stereocenters. The third kappa shape index (κ3) is 4.47. The molecule has 2 aromatic rings. The van der Waals surface area contributed by atoms with Gasteiger partial charge in [-0.3, -0.25) is 10.1 Å². The molecule has 0 saturated carbocycles. The summed E-state index contributed by atoms with van der Waals surface area (Å²) in [5.74, 6) is -2.20. The number of nitrogens with one attached hydrogen (secondary N) is 2. The highest BCUT2D eigenvalue weighted by molar-refractivity contribution is 5.85. The Morgan fingerprint density at radius 1 is 1.50 bits per heavy atom. The SMILES string of the molecule is COc1cccc(-c2noc(C(C)NC(=O)C3CC(F)(F)CN3)n2)c1.Cl. The number of rotatable bonds is 5. The molecule has 1 saturated heterocycles. The Hall–Kier alpha value is -2.26. The van der Waals surface area contributed by atoms with Crippen molar-refractivity contribution in [1.29, 1.82) is 0 Å². The van der Waals surface area contributed by atoms with Crippen LogP contribution in [0, 0.1) is 0 Å². The maximum absolute atomic E-state index is 13.2. The van der Waals surface area contributed by atoms with Gasteiger partial charge in [-0.25, -0.2) is 8.78 Å². The van der Waals surface area contributed by atoms with Crippen LogP contribution < -0.4 is 15.4 Å². The molecule has 0 bridgehead atoms. The molecule has 7 nitrogen and oxygen atoms in total. The molecule has 2 unspecified atom stereocenters. The fourth-order valence-electron chi connectivity index (χ4n) is 2.57. The van der Waals surface area contributed by atoms with E-state index in [4.69, 9.17) is 9.26 Å². The molecular weight excluding hydrogens is 370 g/mol. The second-order valence-corrected chi connectivity index (χ2v) is 5.91. The molecule has 26 heavy (non-hydrogen) atoms. The summed E-state index contributed by atoms with van der Waals surface area (Å²) >= 11 is 0. The highest BCUT2D eigenvalue weighted by atomic mass is 35.5. The van der Waals surface area contributed by atoms with E-state index in [1.807, 2.05) is 0 Å². The zero-order valence-electron chi connectivity index (χ0n) is 14.2. The lowest BCUT2D eigenvalue weighted by Crippen LogP contribution is -2.41. The minimum Gasteiger partial charge on any atom is -0.497 e. The fraction of sp³-hybridized carbons (Fsp3) is 0.438. The van der Waals surface area contributed by atoms with Crippen molar-refractivity contribution in [1.82, 2.24) is 20.8 Å². The van der Waals surface area contributed by atoms with Crippen molar-refractivity contribution in [2.45, 2.75) is 31.4 Å². The first-order valence-electron chi connectivity index (χ1n) is 7.77. The van der Waals surface area contributed by atoms with E-state index in [0.717, 1.165) is 0 Å². The number of benzene rings is 1. The zero-order chi connectivity index (χ0) is 18.0. The van der Waals surface area contributed by atoms with Gasteiger partial charge in [0.15, 0.2) is 0 Å². The summed E-state index contributed by atoms with van der Waals surface area (Å²) < 4.78 is 36.7. The maximum atomic E-state index is 13.2. The van der Waals surface area contributed by atoms with E-state index in [0.29, 0.717) is 17.1 Å². The number of ether oxygens (including phenoxy) is 1. The van der Waals surface area contributed by atoms with E-state index in [1.165, 1.54) is 0 Å². The second kappa shape index (κ2) is 7.96. The van der Waals surface area contributed by atoms with Crippen molar-refractivity contribution >= 4 is 18.3 Å². The van der Waals surface area contributed by atoms with Crippen LogP contribution in [-0.4, -0.2) is 41.7 Å². The zero-order valence-corrected chi connectivity index (χ0v) is 15.0. The van der Waals surface area contributed by atoms with E-state index < -0.39 is 36.9 Å². The number of alkyl halides is 2. The molecular formula is C16H19ClF2N4O3. The van der Waals surface area contributed by atoms with Crippen molar-refractivity contribution in [3.8, 4) is 17.1 Å². The Balaban J connectivity index is 0.00000243. The molecule has 1 aliphatic heterocycles. The number of carbonyl (C=O) groups excluding carboxylic acids is 1. The number of amides is 1. The highest BCUT2D eigenvalue weighted by Crippen LogP contribution is 2.26. The number of halogens is 3. The average Bonchev–Trinajstić information content (AvgIpc) is 3.21. The quantitative estimate of drug-likeness (QED) is 0.817. The number of methoxy groups -OCH3 is 1. The Bertz CT molecular complexity index is 771. The number of aromatic nitrogens is 2. The fourth-order valence-corrected chi connectivity index (χ4v) is 2.57. The van der Waals surface area contributed by atoms with Crippen LogP contribution in [0.5, 0.6) is 5.75 Å². The summed E-state index contributed by atoms with van der Waals surface area (Å²) in [5.41, 5.74) is 0.699. The van der Waals surface area contributed by atoms with Crippen molar-refractivity contribution in [3.63, 3.8) is 0 Å².